The number of allylic oxidation sites excluding steroid dienone is 2. The van der Waals surface area contributed by atoms with Crippen molar-refractivity contribution < 1.29 is 24.2 Å². The van der Waals surface area contributed by atoms with Crippen LogP contribution < -0.4 is 10.6 Å². The Kier molecular flexibility index (Phi) is 3.75. The summed E-state index contributed by atoms with van der Waals surface area (Å²) in [6.07, 6.45) is 1.02. The van der Waals surface area contributed by atoms with Crippen LogP contribution in [0.1, 0.15) is 20.3 Å². The standard InChI is InChI=1S/C12H16N2O5/c1-6(4-9-7(2)18-5-19-9)3-8(15)10-11(16)14-12(17)13-10/h4,8,10,15H,3,5H2,1-2H3,(H2,13,14,16,17)/b6-4+. The van der Waals surface area contributed by atoms with E-state index in [0.29, 0.717) is 11.5 Å². The average Bonchev–Trinajstić information content (AvgIpc) is 2.85. The van der Waals surface area contributed by atoms with Crippen LogP contribution in [0.2, 0.25) is 0 Å². The van der Waals surface area contributed by atoms with Crippen LogP contribution in [-0.4, -0.2) is 36.0 Å². The van der Waals surface area contributed by atoms with Gasteiger partial charge in [-0.15, -0.1) is 0 Å². The molecule has 2 aliphatic heterocycles. The molecule has 7 nitrogen and oxygen atoms in total. The molecular weight excluding hydrogens is 252 g/mol. The monoisotopic (exact) mass is 268 g/mol. The third kappa shape index (κ3) is 3.05. The fourth-order valence-corrected chi connectivity index (χ4v) is 1.93. The molecule has 3 N–H and O–H groups in total. The maximum Gasteiger partial charge on any atom is 0.322 e. The van der Waals surface area contributed by atoms with E-state index in [9.17, 15) is 14.7 Å². The van der Waals surface area contributed by atoms with E-state index in [-0.39, 0.29) is 13.2 Å². The minimum absolute atomic E-state index is 0.189. The number of carbonyl (C=O) groups excluding carboxylic acids is 2. The Morgan fingerprint density at radius 2 is 2.26 bits per heavy atom. The molecule has 0 bridgehead atoms. The Balaban J connectivity index is 1.97. The third-order valence-corrected chi connectivity index (χ3v) is 2.94. The molecule has 0 spiro atoms. The van der Waals surface area contributed by atoms with Crippen LogP contribution in [0.3, 0.4) is 0 Å². The summed E-state index contributed by atoms with van der Waals surface area (Å²) < 4.78 is 10.4. The van der Waals surface area contributed by atoms with Gasteiger partial charge in [0.2, 0.25) is 6.79 Å². The number of hydrogen-bond acceptors (Lipinski definition) is 5. The number of aliphatic hydroxyl groups excluding tert-OH is 1. The van der Waals surface area contributed by atoms with Crippen LogP contribution in [0.15, 0.2) is 23.2 Å². The lowest BCUT2D eigenvalue weighted by Gasteiger charge is -2.15. The van der Waals surface area contributed by atoms with Gasteiger partial charge >= 0.3 is 6.03 Å². The van der Waals surface area contributed by atoms with Crippen molar-refractivity contribution in [1.29, 1.82) is 0 Å². The minimum atomic E-state index is -0.981. The molecular formula is C12H16N2O5. The van der Waals surface area contributed by atoms with Gasteiger partial charge in [0.15, 0.2) is 5.76 Å². The lowest BCUT2D eigenvalue weighted by molar-refractivity contribution is -0.122. The van der Waals surface area contributed by atoms with Gasteiger partial charge in [-0.3, -0.25) is 10.1 Å². The van der Waals surface area contributed by atoms with Gasteiger partial charge in [0.05, 0.1) is 6.10 Å². The normalized spacial score (nSPS) is 24.8. The number of carbonyl (C=O) groups is 2. The van der Waals surface area contributed by atoms with Crippen molar-refractivity contribution in [2.24, 2.45) is 0 Å². The molecule has 2 aliphatic rings. The van der Waals surface area contributed by atoms with Gasteiger partial charge in [-0.05, 0) is 26.3 Å². The zero-order valence-electron chi connectivity index (χ0n) is 10.7. The van der Waals surface area contributed by atoms with Gasteiger partial charge < -0.3 is 19.9 Å². The van der Waals surface area contributed by atoms with Crippen molar-refractivity contribution in [3.05, 3.63) is 23.2 Å². The fraction of sp³-hybridized carbons (Fsp3) is 0.500. The van der Waals surface area contributed by atoms with Crippen LogP contribution in [-0.2, 0) is 14.3 Å². The summed E-state index contributed by atoms with van der Waals surface area (Å²) >= 11 is 0. The molecule has 2 unspecified atom stereocenters. The Hall–Kier alpha value is -2.02. The Bertz CT molecular complexity index is 469. The molecule has 0 radical (unpaired) electrons. The largest absolute Gasteiger partial charge is 0.458 e. The van der Waals surface area contributed by atoms with Crippen molar-refractivity contribution in [3.63, 3.8) is 0 Å². The number of nitrogens with one attached hydrogen (secondary N) is 2. The van der Waals surface area contributed by atoms with Crippen molar-refractivity contribution in [3.8, 4) is 0 Å². The third-order valence-electron chi connectivity index (χ3n) is 2.94. The zero-order chi connectivity index (χ0) is 14.0. The van der Waals surface area contributed by atoms with Crippen molar-refractivity contribution in [2.45, 2.75) is 32.4 Å². The molecule has 0 aromatic carbocycles. The Labute approximate surface area is 110 Å². The van der Waals surface area contributed by atoms with E-state index in [2.05, 4.69) is 10.6 Å². The lowest BCUT2D eigenvalue weighted by atomic mass is 10.0. The second kappa shape index (κ2) is 5.31. The van der Waals surface area contributed by atoms with Crippen LogP contribution in [0.25, 0.3) is 0 Å². The molecule has 2 atom stereocenters. The second-order valence-electron chi connectivity index (χ2n) is 4.53. The Morgan fingerprint density at radius 3 is 2.79 bits per heavy atom. The first kappa shape index (κ1) is 13.4. The van der Waals surface area contributed by atoms with Gasteiger partial charge in [0.1, 0.15) is 11.8 Å². The predicted molar refractivity (Wildman–Crippen MR) is 64.6 cm³/mol. The second-order valence-corrected chi connectivity index (χ2v) is 4.53. The van der Waals surface area contributed by atoms with Crippen LogP contribution in [0.5, 0.6) is 0 Å². The summed E-state index contributed by atoms with van der Waals surface area (Å²) in [5, 5.41) is 14.4. The lowest BCUT2D eigenvalue weighted by Crippen LogP contribution is -2.40. The van der Waals surface area contributed by atoms with Crippen LogP contribution in [0.4, 0.5) is 4.79 Å². The summed E-state index contributed by atoms with van der Waals surface area (Å²) in [7, 11) is 0. The van der Waals surface area contributed by atoms with E-state index in [1.165, 1.54) is 0 Å². The van der Waals surface area contributed by atoms with Crippen molar-refractivity contribution >= 4 is 11.9 Å². The molecule has 104 valence electrons. The van der Waals surface area contributed by atoms with E-state index in [4.69, 9.17) is 9.47 Å². The van der Waals surface area contributed by atoms with E-state index < -0.39 is 24.1 Å². The van der Waals surface area contributed by atoms with E-state index in [1.54, 1.807) is 19.9 Å². The first-order valence-corrected chi connectivity index (χ1v) is 5.90. The molecule has 0 aromatic heterocycles. The number of aliphatic hydroxyl groups is 1. The first-order chi connectivity index (χ1) is 8.97. The van der Waals surface area contributed by atoms with Crippen LogP contribution >= 0.6 is 0 Å². The number of imide groups is 1. The highest BCUT2D eigenvalue weighted by molar-refractivity contribution is 6.04. The number of rotatable bonds is 4. The quantitative estimate of drug-likeness (QED) is 0.630. The minimum Gasteiger partial charge on any atom is -0.458 e. The summed E-state index contributed by atoms with van der Waals surface area (Å²) in [5.41, 5.74) is 0.821. The fourth-order valence-electron chi connectivity index (χ4n) is 1.93. The van der Waals surface area contributed by atoms with E-state index >= 15 is 0 Å². The number of urea groups is 1. The van der Waals surface area contributed by atoms with Gasteiger partial charge in [0, 0.05) is 0 Å². The van der Waals surface area contributed by atoms with Crippen molar-refractivity contribution in [2.75, 3.05) is 6.79 Å². The highest BCUT2D eigenvalue weighted by atomic mass is 16.7. The molecule has 0 aliphatic carbocycles. The molecule has 3 amide bonds. The SMILES string of the molecule is CC1=C(/C=C(\C)CC(O)C2NC(=O)NC2=O)OCO1. The zero-order valence-corrected chi connectivity index (χ0v) is 10.7. The molecule has 0 saturated carbocycles. The van der Waals surface area contributed by atoms with Gasteiger partial charge in [-0.2, -0.15) is 0 Å². The predicted octanol–water partition coefficient (Wildman–Crippen LogP) is 0.128. The summed E-state index contributed by atoms with van der Waals surface area (Å²) in [6, 6.07) is -1.49. The summed E-state index contributed by atoms with van der Waals surface area (Å²) in [6.45, 7) is 3.78. The molecule has 1 saturated heterocycles. The highest BCUT2D eigenvalue weighted by Crippen LogP contribution is 2.20. The molecule has 2 rings (SSSR count). The molecule has 2 heterocycles. The van der Waals surface area contributed by atoms with Crippen molar-refractivity contribution in [1.82, 2.24) is 10.6 Å². The number of ether oxygens (including phenoxy) is 2. The maximum atomic E-state index is 11.4. The topological polar surface area (TPSA) is 96.9 Å². The highest BCUT2D eigenvalue weighted by Gasteiger charge is 2.35. The van der Waals surface area contributed by atoms with Gasteiger partial charge in [-0.1, -0.05) is 5.57 Å². The first-order valence-electron chi connectivity index (χ1n) is 5.90. The molecule has 1 fully saturated rings. The summed E-state index contributed by atoms with van der Waals surface area (Å²) in [4.78, 5) is 22.3. The molecule has 0 aromatic rings. The number of hydrogen-bond donors (Lipinski definition) is 3. The van der Waals surface area contributed by atoms with E-state index in [0.717, 1.165) is 5.57 Å². The molecule has 19 heavy (non-hydrogen) atoms. The van der Waals surface area contributed by atoms with E-state index in [1.807, 2.05) is 0 Å². The number of amides is 3. The Morgan fingerprint density at radius 1 is 1.53 bits per heavy atom. The van der Waals surface area contributed by atoms with Gasteiger partial charge in [0.25, 0.3) is 5.91 Å². The van der Waals surface area contributed by atoms with Crippen LogP contribution in [0, 0.1) is 0 Å². The smallest absolute Gasteiger partial charge is 0.322 e. The molecule has 7 heteroatoms. The summed E-state index contributed by atoms with van der Waals surface area (Å²) in [5.74, 6) is 0.784. The average molecular weight is 268 g/mol. The maximum absolute atomic E-state index is 11.4. The van der Waals surface area contributed by atoms with Gasteiger partial charge in [-0.25, -0.2) is 4.79 Å².